The Hall–Kier alpha value is -3.11. The first-order valence-electron chi connectivity index (χ1n) is 11.9. The zero-order valence-electron chi connectivity index (χ0n) is 20.1. The Bertz CT molecular complexity index is 1320. The molecular weight excluding hydrogens is 444 g/mol. The van der Waals surface area contributed by atoms with E-state index in [9.17, 15) is 4.79 Å². The number of aromatic nitrogens is 2. The second-order valence-electron chi connectivity index (χ2n) is 8.91. The van der Waals surface area contributed by atoms with Gasteiger partial charge in [-0.15, -0.1) is 0 Å². The topological polar surface area (TPSA) is 44.1 Å². The van der Waals surface area contributed by atoms with Crippen LogP contribution in [-0.4, -0.2) is 16.2 Å². The highest BCUT2D eigenvalue weighted by Gasteiger charge is 2.12. The molecule has 0 radical (unpaired) electrons. The number of para-hydroxylation sites is 1. The van der Waals surface area contributed by atoms with Gasteiger partial charge in [-0.2, -0.15) is 0 Å². The zero-order valence-corrected chi connectivity index (χ0v) is 20.9. The monoisotopic (exact) mass is 474 g/mol. The number of hydrogen-bond donors (Lipinski definition) is 0. The molecule has 1 aromatic heterocycles. The summed E-state index contributed by atoms with van der Waals surface area (Å²) in [4.78, 5) is 18.1. The van der Waals surface area contributed by atoms with E-state index in [1.54, 1.807) is 4.57 Å². The Morgan fingerprint density at radius 1 is 0.882 bits per heavy atom. The van der Waals surface area contributed by atoms with Crippen LogP contribution in [0.3, 0.4) is 0 Å². The SMILES string of the molecule is Cc1cc(C)c(OCCCCCCn2c(-c3ccc(Cl)cc3)nc3ccccc3c2=O)c(C)c1. The maximum absolute atomic E-state index is 13.3. The summed E-state index contributed by atoms with van der Waals surface area (Å²) in [6.07, 6.45) is 3.97. The molecule has 1 heterocycles. The van der Waals surface area contributed by atoms with Crippen LogP contribution in [0, 0.1) is 20.8 Å². The Kier molecular flexibility index (Phi) is 7.69. The van der Waals surface area contributed by atoms with Crippen LogP contribution in [0.4, 0.5) is 0 Å². The second kappa shape index (κ2) is 10.9. The van der Waals surface area contributed by atoms with Gasteiger partial charge in [0.15, 0.2) is 0 Å². The van der Waals surface area contributed by atoms with Crippen LogP contribution in [0.2, 0.25) is 5.02 Å². The van der Waals surface area contributed by atoms with E-state index in [-0.39, 0.29) is 5.56 Å². The fraction of sp³-hybridized carbons (Fsp3) is 0.310. The summed E-state index contributed by atoms with van der Waals surface area (Å²) in [7, 11) is 0. The molecule has 0 spiro atoms. The van der Waals surface area contributed by atoms with E-state index in [1.165, 1.54) is 16.7 Å². The molecule has 5 heteroatoms. The molecule has 0 fully saturated rings. The fourth-order valence-corrected chi connectivity index (χ4v) is 4.62. The van der Waals surface area contributed by atoms with Crippen molar-refractivity contribution >= 4 is 22.5 Å². The van der Waals surface area contributed by atoms with Crippen LogP contribution in [0.25, 0.3) is 22.3 Å². The molecule has 0 unspecified atom stereocenters. The first-order chi connectivity index (χ1) is 16.4. The number of benzene rings is 3. The lowest BCUT2D eigenvalue weighted by Crippen LogP contribution is -2.23. The number of halogens is 1. The van der Waals surface area contributed by atoms with Crippen LogP contribution in [0.1, 0.15) is 42.4 Å². The predicted molar refractivity (Wildman–Crippen MR) is 141 cm³/mol. The second-order valence-corrected chi connectivity index (χ2v) is 9.34. The lowest BCUT2D eigenvalue weighted by Gasteiger charge is -2.14. The highest BCUT2D eigenvalue weighted by Crippen LogP contribution is 2.25. The zero-order chi connectivity index (χ0) is 24.1. The molecule has 0 aliphatic heterocycles. The van der Waals surface area contributed by atoms with Crippen molar-refractivity contribution in [2.24, 2.45) is 0 Å². The van der Waals surface area contributed by atoms with Gasteiger partial charge in [0.2, 0.25) is 0 Å². The predicted octanol–water partition coefficient (Wildman–Crippen LogP) is 7.28. The van der Waals surface area contributed by atoms with Crippen LogP contribution >= 0.6 is 11.6 Å². The molecule has 0 saturated heterocycles. The summed E-state index contributed by atoms with van der Waals surface area (Å²) in [5, 5.41) is 1.31. The Morgan fingerprint density at radius 3 is 2.29 bits per heavy atom. The largest absolute Gasteiger partial charge is 0.493 e. The van der Waals surface area contributed by atoms with Gasteiger partial charge in [-0.25, -0.2) is 4.98 Å². The van der Waals surface area contributed by atoms with Gasteiger partial charge in [-0.05, 0) is 81.1 Å². The van der Waals surface area contributed by atoms with E-state index >= 15 is 0 Å². The number of unbranched alkanes of at least 4 members (excludes halogenated alkanes) is 3. The molecule has 176 valence electrons. The molecule has 0 saturated carbocycles. The van der Waals surface area contributed by atoms with Gasteiger partial charge in [0.25, 0.3) is 5.56 Å². The average Bonchev–Trinajstić information content (AvgIpc) is 2.81. The smallest absolute Gasteiger partial charge is 0.261 e. The van der Waals surface area contributed by atoms with Crippen molar-refractivity contribution in [1.29, 1.82) is 0 Å². The van der Waals surface area contributed by atoms with Gasteiger partial charge in [-0.1, -0.05) is 54.3 Å². The molecule has 0 aliphatic carbocycles. The quantitative estimate of drug-likeness (QED) is 0.239. The van der Waals surface area contributed by atoms with Crippen molar-refractivity contribution < 1.29 is 4.74 Å². The van der Waals surface area contributed by atoms with Crippen molar-refractivity contribution in [3.05, 3.63) is 92.7 Å². The molecule has 4 rings (SSSR count). The third kappa shape index (κ3) is 5.51. The van der Waals surface area contributed by atoms with Gasteiger partial charge in [0.05, 0.1) is 17.5 Å². The third-order valence-corrected chi connectivity index (χ3v) is 6.34. The van der Waals surface area contributed by atoms with E-state index in [0.29, 0.717) is 34.9 Å². The summed E-state index contributed by atoms with van der Waals surface area (Å²) in [6, 6.07) is 19.4. The molecule has 4 aromatic rings. The number of nitrogens with zero attached hydrogens (tertiary/aromatic N) is 2. The molecule has 0 bridgehead atoms. The average molecular weight is 475 g/mol. The molecule has 0 N–H and O–H groups in total. The standard InChI is InChI=1S/C29H31ClN2O2/c1-20-18-21(2)27(22(3)19-20)34-17-9-5-4-8-16-32-28(23-12-14-24(30)15-13-23)31-26-11-7-6-10-25(26)29(32)33/h6-7,10-15,18-19H,4-5,8-9,16-17H2,1-3H3. The van der Waals surface area contributed by atoms with Crippen molar-refractivity contribution in [2.45, 2.75) is 53.0 Å². The molecule has 0 amide bonds. The van der Waals surface area contributed by atoms with E-state index in [1.807, 2.05) is 48.5 Å². The van der Waals surface area contributed by atoms with E-state index in [0.717, 1.165) is 37.0 Å². The van der Waals surface area contributed by atoms with Crippen molar-refractivity contribution in [3.8, 4) is 17.1 Å². The molecule has 4 nitrogen and oxygen atoms in total. The van der Waals surface area contributed by atoms with E-state index < -0.39 is 0 Å². The Balaban J connectivity index is 1.39. The van der Waals surface area contributed by atoms with E-state index in [4.69, 9.17) is 21.3 Å². The van der Waals surface area contributed by atoms with Crippen molar-refractivity contribution in [2.75, 3.05) is 6.61 Å². The summed E-state index contributed by atoms with van der Waals surface area (Å²) in [5.74, 6) is 1.70. The van der Waals surface area contributed by atoms with Crippen LogP contribution in [0.5, 0.6) is 5.75 Å². The molecule has 3 aromatic carbocycles. The van der Waals surface area contributed by atoms with Gasteiger partial charge in [-0.3, -0.25) is 9.36 Å². The number of aryl methyl sites for hydroxylation is 3. The molecule has 34 heavy (non-hydrogen) atoms. The minimum Gasteiger partial charge on any atom is -0.493 e. The summed E-state index contributed by atoms with van der Waals surface area (Å²) < 4.78 is 7.87. The van der Waals surface area contributed by atoms with Crippen molar-refractivity contribution in [1.82, 2.24) is 9.55 Å². The minimum atomic E-state index is 0.00389. The highest BCUT2D eigenvalue weighted by molar-refractivity contribution is 6.30. The normalized spacial score (nSPS) is 11.2. The third-order valence-electron chi connectivity index (χ3n) is 6.09. The number of fused-ring (bicyclic) bond motifs is 1. The molecular formula is C29H31ClN2O2. The Labute approximate surface area is 206 Å². The van der Waals surface area contributed by atoms with Crippen LogP contribution in [0.15, 0.2) is 65.5 Å². The maximum atomic E-state index is 13.3. The Morgan fingerprint density at radius 2 is 1.56 bits per heavy atom. The summed E-state index contributed by atoms with van der Waals surface area (Å²) >= 11 is 6.07. The molecule has 0 aliphatic rings. The fourth-order valence-electron chi connectivity index (χ4n) is 4.49. The van der Waals surface area contributed by atoms with Crippen LogP contribution < -0.4 is 10.3 Å². The number of hydrogen-bond acceptors (Lipinski definition) is 3. The highest BCUT2D eigenvalue weighted by atomic mass is 35.5. The van der Waals surface area contributed by atoms with Gasteiger partial charge >= 0.3 is 0 Å². The lowest BCUT2D eigenvalue weighted by atomic mass is 10.1. The van der Waals surface area contributed by atoms with Gasteiger partial charge < -0.3 is 4.74 Å². The lowest BCUT2D eigenvalue weighted by molar-refractivity contribution is 0.300. The van der Waals surface area contributed by atoms with Gasteiger partial charge in [0.1, 0.15) is 11.6 Å². The van der Waals surface area contributed by atoms with Crippen LogP contribution in [-0.2, 0) is 6.54 Å². The summed E-state index contributed by atoms with van der Waals surface area (Å²) in [5.41, 5.74) is 5.26. The maximum Gasteiger partial charge on any atom is 0.261 e. The number of rotatable bonds is 9. The van der Waals surface area contributed by atoms with Gasteiger partial charge in [0, 0.05) is 17.1 Å². The summed E-state index contributed by atoms with van der Waals surface area (Å²) in [6.45, 7) is 7.65. The number of ether oxygens (including phenoxy) is 1. The molecule has 0 atom stereocenters. The minimum absolute atomic E-state index is 0.00389. The van der Waals surface area contributed by atoms with Crippen molar-refractivity contribution in [3.63, 3.8) is 0 Å². The van der Waals surface area contributed by atoms with E-state index in [2.05, 4.69) is 32.9 Å². The first-order valence-corrected chi connectivity index (χ1v) is 12.3. The first kappa shape index (κ1) is 24.0.